The van der Waals surface area contributed by atoms with Gasteiger partial charge in [-0.1, -0.05) is 48.5 Å². The van der Waals surface area contributed by atoms with Crippen LogP contribution in [0, 0.1) is 0 Å². The highest BCUT2D eigenvalue weighted by molar-refractivity contribution is 5.94. The van der Waals surface area contributed by atoms with Crippen LogP contribution in [-0.2, 0) is 6.54 Å². The predicted molar refractivity (Wildman–Crippen MR) is 112 cm³/mol. The molecule has 1 amide bonds. The summed E-state index contributed by atoms with van der Waals surface area (Å²) in [6.07, 6.45) is 3.41. The quantitative estimate of drug-likeness (QED) is 0.557. The number of rotatable bonds is 5. The van der Waals surface area contributed by atoms with Crippen molar-refractivity contribution in [2.24, 2.45) is 0 Å². The van der Waals surface area contributed by atoms with E-state index >= 15 is 0 Å². The van der Waals surface area contributed by atoms with Crippen LogP contribution in [0.25, 0.3) is 10.9 Å². The summed E-state index contributed by atoms with van der Waals surface area (Å²) in [5.74, 6) is -0.122. The van der Waals surface area contributed by atoms with E-state index in [1.165, 1.54) is 0 Å². The lowest BCUT2D eigenvalue weighted by atomic mass is 10.2. The minimum Gasteiger partial charge on any atom is -0.354 e. The maximum absolute atomic E-state index is 12.8. The number of amides is 1. The fourth-order valence-electron chi connectivity index (χ4n) is 3.11. The second kappa shape index (κ2) is 7.88. The van der Waals surface area contributed by atoms with E-state index in [1.54, 1.807) is 30.4 Å². The topological polar surface area (TPSA) is 58.1 Å². The molecule has 0 radical (unpaired) electrons. The first kappa shape index (κ1) is 17.7. The number of hydrogen-bond acceptors (Lipinski definition) is 4. The lowest BCUT2D eigenvalue weighted by Crippen LogP contribution is -2.27. The molecule has 0 aliphatic heterocycles. The first-order valence-electron chi connectivity index (χ1n) is 9.07. The first-order chi connectivity index (χ1) is 13.7. The summed E-state index contributed by atoms with van der Waals surface area (Å²) in [7, 11) is 1.78. The van der Waals surface area contributed by atoms with Gasteiger partial charge in [0, 0.05) is 37.1 Å². The molecule has 0 saturated heterocycles. The summed E-state index contributed by atoms with van der Waals surface area (Å²) in [4.78, 5) is 23.2. The predicted octanol–water partition coefficient (Wildman–Crippen LogP) is 4.65. The number of nitrogens with one attached hydrogen (secondary N) is 1. The van der Waals surface area contributed by atoms with Gasteiger partial charge in [0.1, 0.15) is 5.69 Å². The van der Waals surface area contributed by atoms with Crippen molar-refractivity contribution >= 4 is 28.2 Å². The molecule has 5 nitrogen and oxygen atoms in total. The molecule has 0 spiro atoms. The van der Waals surface area contributed by atoms with Crippen molar-refractivity contribution in [3.8, 4) is 0 Å². The van der Waals surface area contributed by atoms with E-state index in [1.807, 2.05) is 66.7 Å². The van der Waals surface area contributed by atoms with Gasteiger partial charge in [0.2, 0.25) is 0 Å². The van der Waals surface area contributed by atoms with Gasteiger partial charge in [0.05, 0.1) is 11.2 Å². The zero-order valence-electron chi connectivity index (χ0n) is 15.5. The number of carbonyl (C=O) groups is 1. The van der Waals surface area contributed by atoms with E-state index in [0.29, 0.717) is 12.2 Å². The number of fused-ring (bicyclic) bond motifs is 1. The van der Waals surface area contributed by atoms with Gasteiger partial charge in [-0.25, -0.2) is 0 Å². The number of hydrogen-bond donors (Lipinski definition) is 1. The summed E-state index contributed by atoms with van der Waals surface area (Å²) in [5.41, 5.74) is 4.05. The number of benzene rings is 2. The average molecular weight is 368 g/mol. The Morgan fingerprint density at radius 2 is 1.75 bits per heavy atom. The van der Waals surface area contributed by atoms with Gasteiger partial charge in [-0.05, 0) is 29.8 Å². The van der Waals surface area contributed by atoms with Crippen molar-refractivity contribution in [1.29, 1.82) is 0 Å². The molecule has 0 aliphatic rings. The zero-order chi connectivity index (χ0) is 19.3. The Kier molecular flexibility index (Phi) is 4.97. The van der Waals surface area contributed by atoms with Crippen molar-refractivity contribution in [2.75, 3.05) is 12.4 Å². The lowest BCUT2D eigenvalue weighted by Gasteiger charge is -2.17. The Bertz CT molecular complexity index is 1110. The highest BCUT2D eigenvalue weighted by Gasteiger charge is 2.14. The Morgan fingerprint density at radius 1 is 0.929 bits per heavy atom. The smallest absolute Gasteiger partial charge is 0.272 e. The highest BCUT2D eigenvalue weighted by atomic mass is 16.2. The van der Waals surface area contributed by atoms with Crippen LogP contribution < -0.4 is 5.32 Å². The van der Waals surface area contributed by atoms with Gasteiger partial charge in [0.25, 0.3) is 5.91 Å². The SMILES string of the molecule is CN(Cc1ccccc1)C(=O)c1cc(Nc2cccc3cccnc23)ccn1. The minimum absolute atomic E-state index is 0.122. The van der Waals surface area contributed by atoms with Crippen molar-refractivity contribution in [1.82, 2.24) is 14.9 Å². The monoisotopic (exact) mass is 368 g/mol. The van der Waals surface area contributed by atoms with Crippen LogP contribution in [-0.4, -0.2) is 27.8 Å². The van der Waals surface area contributed by atoms with Crippen LogP contribution >= 0.6 is 0 Å². The lowest BCUT2D eigenvalue weighted by molar-refractivity contribution is 0.0779. The van der Waals surface area contributed by atoms with E-state index in [4.69, 9.17) is 0 Å². The third-order valence-electron chi connectivity index (χ3n) is 4.50. The van der Waals surface area contributed by atoms with Crippen LogP contribution in [0.1, 0.15) is 16.1 Å². The summed E-state index contributed by atoms with van der Waals surface area (Å²) >= 11 is 0. The fraction of sp³-hybridized carbons (Fsp3) is 0.0870. The third-order valence-corrected chi connectivity index (χ3v) is 4.50. The summed E-state index contributed by atoms with van der Waals surface area (Å²) in [6.45, 7) is 0.534. The second-order valence-electron chi connectivity index (χ2n) is 6.58. The molecule has 28 heavy (non-hydrogen) atoms. The van der Waals surface area contributed by atoms with E-state index in [-0.39, 0.29) is 5.91 Å². The van der Waals surface area contributed by atoms with Crippen molar-refractivity contribution in [3.05, 3.63) is 96.4 Å². The Balaban J connectivity index is 1.55. The number of nitrogens with zero attached hydrogens (tertiary/aromatic N) is 3. The van der Waals surface area contributed by atoms with Crippen LogP contribution in [0.4, 0.5) is 11.4 Å². The Labute approximate surface area is 163 Å². The van der Waals surface area contributed by atoms with Crippen molar-refractivity contribution in [2.45, 2.75) is 6.54 Å². The number of pyridine rings is 2. The Hall–Kier alpha value is -3.73. The summed E-state index contributed by atoms with van der Waals surface area (Å²) in [5, 5.41) is 4.41. The second-order valence-corrected chi connectivity index (χ2v) is 6.58. The van der Waals surface area contributed by atoms with Crippen LogP contribution in [0.3, 0.4) is 0 Å². The van der Waals surface area contributed by atoms with Gasteiger partial charge < -0.3 is 10.2 Å². The standard InChI is InChI=1S/C23H20N4O/c1-27(16-17-7-3-2-4-8-17)23(28)21-15-19(12-14-24-21)26-20-11-5-9-18-10-6-13-25-22(18)20/h2-15H,16H2,1H3,(H,24,26). The molecule has 2 aromatic carbocycles. The third kappa shape index (κ3) is 3.83. The van der Waals surface area contributed by atoms with Gasteiger partial charge in [-0.15, -0.1) is 0 Å². The molecular formula is C23H20N4O. The number of para-hydroxylation sites is 1. The van der Waals surface area contributed by atoms with E-state index in [0.717, 1.165) is 27.8 Å². The molecule has 5 heteroatoms. The Morgan fingerprint density at radius 3 is 2.61 bits per heavy atom. The maximum atomic E-state index is 12.8. The molecule has 0 bridgehead atoms. The summed E-state index contributed by atoms with van der Waals surface area (Å²) in [6, 6.07) is 23.4. The average Bonchev–Trinajstić information content (AvgIpc) is 2.74. The number of anilines is 2. The molecule has 0 unspecified atom stereocenters. The number of carbonyl (C=O) groups excluding carboxylic acids is 1. The highest BCUT2D eigenvalue weighted by Crippen LogP contribution is 2.24. The van der Waals surface area contributed by atoms with E-state index in [9.17, 15) is 4.79 Å². The van der Waals surface area contributed by atoms with Crippen molar-refractivity contribution in [3.63, 3.8) is 0 Å². The van der Waals surface area contributed by atoms with Gasteiger partial charge in [-0.2, -0.15) is 0 Å². The van der Waals surface area contributed by atoms with Gasteiger partial charge in [0.15, 0.2) is 0 Å². The van der Waals surface area contributed by atoms with Crippen LogP contribution in [0.5, 0.6) is 0 Å². The van der Waals surface area contributed by atoms with Crippen LogP contribution in [0.2, 0.25) is 0 Å². The van der Waals surface area contributed by atoms with E-state index in [2.05, 4.69) is 15.3 Å². The fourth-order valence-corrected chi connectivity index (χ4v) is 3.11. The number of aromatic nitrogens is 2. The largest absolute Gasteiger partial charge is 0.354 e. The molecule has 2 aromatic heterocycles. The van der Waals surface area contributed by atoms with Crippen molar-refractivity contribution < 1.29 is 4.79 Å². The first-order valence-corrected chi connectivity index (χ1v) is 9.07. The molecule has 4 aromatic rings. The zero-order valence-corrected chi connectivity index (χ0v) is 15.5. The molecule has 0 atom stereocenters. The molecule has 138 valence electrons. The molecular weight excluding hydrogens is 348 g/mol. The molecule has 0 saturated carbocycles. The maximum Gasteiger partial charge on any atom is 0.272 e. The molecule has 0 aliphatic carbocycles. The summed E-state index contributed by atoms with van der Waals surface area (Å²) < 4.78 is 0. The van der Waals surface area contributed by atoms with E-state index < -0.39 is 0 Å². The molecule has 2 heterocycles. The molecule has 4 rings (SSSR count). The minimum atomic E-state index is -0.122. The molecule has 1 N–H and O–H groups in total. The molecule has 0 fully saturated rings. The van der Waals surface area contributed by atoms with Crippen LogP contribution in [0.15, 0.2) is 85.2 Å². The van der Waals surface area contributed by atoms with Gasteiger partial charge >= 0.3 is 0 Å². The van der Waals surface area contributed by atoms with Gasteiger partial charge in [-0.3, -0.25) is 14.8 Å². The normalized spacial score (nSPS) is 10.6.